The van der Waals surface area contributed by atoms with Crippen molar-refractivity contribution in [2.75, 3.05) is 10.6 Å². The van der Waals surface area contributed by atoms with Gasteiger partial charge in [-0.3, -0.25) is 9.59 Å². The van der Waals surface area contributed by atoms with E-state index in [1.807, 2.05) is 84.9 Å². The molecule has 0 radical (unpaired) electrons. The summed E-state index contributed by atoms with van der Waals surface area (Å²) in [6, 6.07) is 33.7. The molecule has 0 saturated heterocycles. The molecule has 0 aliphatic rings. The van der Waals surface area contributed by atoms with Crippen LogP contribution in [-0.2, 0) is 9.59 Å². The lowest BCUT2D eigenvalue weighted by atomic mass is 10.1. The van der Waals surface area contributed by atoms with E-state index in [0.717, 1.165) is 16.0 Å². The highest BCUT2D eigenvalue weighted by Gasteiger charge is 2.22. The molecule has 0 aliphatic heterocycles. The molecular formula is C29H23ClN2O2S. The van der Waals surface area contributed by atoms with E-state index in [1.165, 1.54) is 17.8 Å². The SMILES string of the molecule is O=C(/C=C/c1ccccc1)Nc1cccc(SC(C(=O)Nc2ccc(Cl)cc2)c2ccccc2)c1. The van der Waals surface area contributed by atoms with Gasteiger partial charge in [-0.15, -0.1) is 11.8 Å². The van der Waals surface area contributed by atoms with E-state index in [9.17, 15) is 9.59 Å². The summed E-state index contributed by atoms with van der Waals surface area (Å²) in [7, 11) is 0. The number of carbonyl (C=O) groups is 2. The summed E-state index contributed by atoms with van der Waals surface area (Å²) in [5.74, 6) is -0.375. The number of halogens is 1. The number of benzene rings is 4. The van der Waals surface area contributed by atoms with Crippen molar-refractivity contribution in [3.05, 3.63) is 131 Å². The van der Waals surface area contributed by atoms with E-state index in [2.05, 4.69) is 10.6 Å². The van der Waals surface area contributed by atoms with Crippen molar-refractivity contribution in [1.29, 1.82) is 0 Å². The number of anilines is 2. The average molecular weight is 499 g/mol. The molecular weight excluding hydrogens is 476 g/mol. The largest absolute Gasteiger partial charge is 0.325 e. The zero-order valence-electron chi connectivity index (χ0n) is 18.7. The third-order valence-electron chi connectivity index (χ3n) is 5.03. The third-order valence-corrected chi connectivity index (χ3v) is 6.53. The second kappa shape index (κ2) is 12.1. The number of rotatable bonds is 8. The van der Waals surface area contributed by atoms with Gasteiger partial charge < -0.3 is 10.6 Å². The summed E-state index contributed by atoms with van der Waals surface area (Å²) in [5, 5.41) is 5.97. The zero-order valence-corrected chi connectivity index (χ0v) is 20.3. The summed E-state index contributed by atoms with van der Waals surface area (Å²) in [4.78, 5) is 26.5. The van der Waals surface area contributed by atoms with E-state index < -0.39 is 5.25 Å². The lowest BCUT2D eigenvalue weighted by Crippen LogP contribution is -2.19. The maximum atomic E-state index is 13.2. The normalized spacial score (nSPS) is 11.7. The number of hydrogen-bond acceptors (Lipinski definition) is 3. The summed E-state index contributed by atoms with van der Waals surface area (Å²) in [6.07, 6.45) is 3.27. The van der Waals surface area contributed by atoms with Gasteiger partial charge in [0, 0.05) is 27.4 Å². The van der Waals surface area contributed by atoms with Gasteiger partial charge in [0.05, 0.1) is 0 Å². The lowest BCUT2D eigenvalue weighted by Gasteiger charge is -2.17. The lowest BCUT2D eigenvalue weighted by molar-refractivity contribution is -0.116. The Bertz CT molecular complexity index is 1310. The van der Waals surface area contributed by atoms with E-state index >= 15 is 0 Å². The van der Waals surface area contributed by atoms with Gasteiger partial charge in [-0.2, -0.15) is 0 Å². The Labute approximate surface area is 214 Å². The molecule has 4 aromatic rings. The first kappa shape index (κ1) is 24.3. The molecule has 35 heavy (non-hydrogen) atoms. The van der Waals surface area contributed by atoms with Crippen molar-refractivity contribution in [1.82, 2.24) is 0 Å². The smallest absolute Gasteiger partial charge is 0.248 e. The average Bonchev–Trinajstić information content (AvgIpc) is 2.89. The van der Waals surface area contributed by atoms with Gasteiger partial charge >= 0.3 is 0 Å². The molecule has 4 nitrogen and oxygen atoms in total. The minimum Gasteiger partial charge on any atom is -0.325 e. The van der Waals surface area contributed by atoms with Crippen LogP contribution in [0.5, 0.6) is 0 Å². The van der Waals surface area contributed by atoms with Crippen molar-refractivity contribution in [3.63, 3.8) is 0 Å². The molecule has 0 fully saturated rings. The van der Waals surface area contributed by atoms with Crippen LogP contribution in [0.25, 0.3) is 6.08 Å². The first-order valence-corrected chi connectivity index (χ1v) is 12.2. The summed E-state index contributed by atoms with van der Waals surface area (Å²) < 4.78 is 0. The molecule has 4 rings (SSSR count). The first-order valence-electron chi connectivity index (χ1n) is 11.0. The van der Waals surface area contributed by atoms with Gasteiger partial charge in [0.25, 0.3) is 0 Å². The summed E-state index contributed by atoms with van der Waals surface area (Å²) in [5.41, 5.74) is 3.16. The molecule has 1 atom stereocenters. The fourth-order valence-electron chi connectivity index (χ4n) is 3.35. The third kappa shape index (κ3) is 7.34. The molecule has 1 unspecified atom stereocenters. The van der Waals surface area contributed by atoms with Crippen molar-refractivity contribution in [2.45, 2.75) is 10.1 Å². The molecule has 0 saturated carbocycles. The second-order valence-corrected chi connectivity index (χ2v) is 9.28. The van der Waals surface area contributed by atoms with Crippen LogP contribution in [0.2, 0.25) is 5.02 Å². The Hall–Kier alpha value is -3.80. The molecule has 0 bridgehead atoms. The summed E-state index contributed by atoms with van der Waals surface area (Å²) >= 11 is 7.38. The zero-order chi connectivity index (χ0) is 24.5. The Morgan fingerprint density at radius 3 is 2.14 bits per heavy atom. The molecule has 0 heterocycles. The standard InChI is InChI=1S/C29H23ClN2O2S/c30-23-15-17-24(18-16-23)32-29(34)28(22-10-5-2-6-11-22)35-26-13-7-12-25(20-26)31-27(33)19-14-21-8-3-1-4-9-21/h1-20,28H,(H,31,33)(H,32,34)/b19-14+. The first-order chi connectivity index (χ1) is 17.1. The van der Waals surface area contributed by atoms with Gasteiger partial charge in [-0.05, 0) is 59.7 Å². The van der Waals surface area contributed by atoms with Crippen LogP contribution in [0.15, 0.2) is 120 Å². The van der Waals surface area contributed by atoms with Crippen LogP contribution in [0, 0.1) is 0 Å². The molecule has 2 amide bonds. The predicted molar refractivity (Wildman–Crippen MR) is 146 cm³/mol. The van der Waals surface area contributed by atoms with E-state index in [-0.39, 0.29) is 11.8 Å². The Kier molecular flexibility index (Phi) is 8.39. The summed E-state index contributed by atoms with van der Waals surface area (Å²) in [6.45, 7) is 0. The van der Waals surface area contributed by atoms with E-state index in [4.69, 9.17) is 11.6 Å². The molecule has 4 aromatic carbocycles. The fraction of sp³-hybridized carbons (Fsp3) is 0.0345. The highest BCUT2D eigenvalue weighted by Crippen LogP contribution is 2.37. The number of nitrogens with one attached hydrogen (secondary N) is 2. The molecule has 0 spiro atoms. The Morgan fingerprint density at radius 1 is 0.743 bits per heavy atom. The van der Waals surface area contributed by atoms with E-state index in [0.29, 0.717) is 16.4 Å². The fourth-order valence-corrected chi connectivity index (χ4v) is 4.55. The maximum Gasteiger partial charge on any atom is 0.248 e. The molecule has 6 heteroatoms. The van der Waals surface area contributed by atoms with Crippen LogP contribution in [0.3, 0.4) is 0 Å². The highest BCUT2D eigenvalue weighted by atomic mass is 35.5. The minimum absolute atomic E-state index is 0.149. The monoisotopic (exact) mass is 498 g/mol. The quantitative estimate of drug-likeness (QED) is 0.196. The highest BCUT2D eigenvalue weighted by molar-refractivity contribution is 8.00. The van der Waals surface area contributed by atoms with Gasteiger partial charge in [-0.1, -0.05) is 78.3 Å². The van der Waals surface area contributed by atoms with E-state index in [1.54, 1.807) is 30.3 Å². The number of thioether (sulfide) groups is 1. The van der Waals surface area contributed by atoms with Crippen molar-refractivity contribution in [3.8, 4) is 0 Å². The van der Waals surface area contributed by atoms with Crippen molar-refractivity contribution < 1.29 is 9.59 Å². The Balaban J connectivity index is 1.48. The van der Waals surface area contributed by atoms with Gasteiger partial charge in [-0.25, -0.2) is 0 Å². The van der Waals surface area contributed by atoms with Gasteiger partial charge in [0.1, 0.15) is 5.25 Å². The Morgan fingerprint density at radius 2 is 1.43 bits per heavy atom. The molecule has 0 aliphatic carbocycles. The second-order valence-electron chi connectivity index (χ2n) is 7.67. The number of hydrogen-bond donors (Lipinski definition) is 2. The maximum absolute atomic E-state index is 13.2. The van der Waals surface area contributed by atoms with Crippen molar-refractivity contribution in [2.24, 2.45) is 0 Å². The van der Waals surface area contributed by atoms with Crippen LogP contribution in [0.1, 0.15) is 16.4 Å². The van der Waals surface area contributed by atoms with Crippen LogP contribution >= 0.6 is 23.4 Å². The van der Waals surface area contributed by atoms with Crippen LogP contribution in [-0.4, -0.2) is 11.8 Å². The molecule has 174 valence electrons. The van der Waals surface area contributed by atoms with Crippen LogP contribution in [0.4, 0.5) is 11.4 Å². The van der Waals surface area contributed by atoms with Crippen molar-refractivity contribution >= 4 is 52.6 Å². The van der Waals surface area contributed by atoms with Crippen LogP contribution < -0.4 is 10.6 Å². The number of amides is 2. The minimum atomic E-state index is -0.490. The number of carbonyl (C=O) groups excluding carboxylic acids is 2. The molecule has 2 N–H and O–H groups in total. The van der Waals surface area contributed by atoms with Gasteiger partial charge in [0.2, 0.25) is 11.8 Å². The predicted octanol–water partition coefficient (Wildman–Crippen LogP) is 7.46. The topological polar surface area (TPSA) is 58.2 Å². The van der Waals surface area contributed by atoms with Gasteiger partial charge in [0.15, 0.2) is 0 Å². The molecule has 0 aromatic heterocycles.